The number of esters is 1. The Balaban J connectivity index is 1.92. The molecule has 138 valence electrons. The molecule has 0 saturated heterocycles. The first-order valence-corrected chi connectivity index (χ1v) is 9.81. The molecule has 0 saturated carbocycles. The second-order valence-corrected chi connectivity index (χ2v) is 6.66. The molecule has 0 unspecified atom stereocenters. The number of ether oxygens (including phenoxy) is 1. The molecule has 2 aromatic rings. The first kappa shape index (κ1) is 20.0. The molecule has 1 heterocycles. The van der Waals surface area contributed by atoms with Crippen LogP contribution in [0, 0.1) is 0 Å². The lowest BCUT2D eigenvalue weighted by Gasteiger charge is -2.18. The zero-order valence-corrected chi connectivity index (χ0v) is 16.1. The van der Waals surface area contributed by atoms with Gasteiger partial charge in [0.25, 0.3) is 5.91 Å². The number of rotatable bonds is 8. The van der Waals surface area contributed by atoms with Crippen molar-refractivity contribution < 1.29 is 14.3 Å². The lowest BCUT2D eigenvalue weighted by molar-refractivity contribution is -0.129. The van der Waals surface area contributed by atoms with E-state index in [1.54, 1.807) is 25.3 Å². The SMILES string of the molecule is CC[C@H](CNC(=O)[C@@H](C)OC(=O)c1cccnc1SC)c1ccccc1. The maximum absolute atomic E-state index is 12.3. The van der Waals surface area contributed by atoms with E-state index in [9.17, 15) is 9.59 Å². The van der Waals surface area contributed by atoms with Crippen LogP contribution in [-0.4, -0.2) is 35.8 Å². The molecule has 0 fully saturated rings. The number of pyridine rings is 1. The molecule has 0 aliphatic carbocycles. The number of benzene rings is 1. The number of nitrogens with zero attached hydrogens (tertiary/aromatic N) is 1. The van der Waals surface area contributed by atoms with Crippen molar-refractivity contribution >= 4 is 23.6 Å². The number of hydrogen-bond donors (Lipinski definition) is 1. The highest BCUT2D eigenvalue weighted by Crippen LogP contribution is 2.19. The van der Waals surface area contributed by atoms with Crippen LogP contribution >= 0.6 is 11.8 Å². The van der Waals surface area contributed by atoms with E-state index in [-0.39, 0.29) is 11.8 Å². The Morgan fingerprint density at radius 2 is 1.92 bits per heavy atom. The van der Waals surface area contributed by atoms with Gasteiger partial charge in [0.15, 0.2) is 6.10 Å². The van der Waals surface area contributed by atoms with Crippen molar-refractivity contribution in [1.82, 2.24) is 10.3 Å². The van der Waals surface area contributed by atoms with Gasteiger partial charge in [-0.2, -0.15) is 0 Å². The zero-order valence-electron chi connectivity index (χ0n) is 15.3. The van der Waals surface area contributed by atoms with Gasteiger partial charge in [0, 0.05) is 18.7 Å². The molecule has 1 N–H and O–H groups in total. The standard InChI is InChI=1S/C20H24N2O3S/c1-4-15(16-9-6-5-7-10-16)13-22-18(23)14(2)25-20(24)17-11-8-12-21-19(17)26-3/h5-12,14-15H,4,13H2,1-3H3,(H,22,23)/t14-,15-/m1/s1. The van der Waals surface area contributed by atoms with E-state index in [0.717, 1.165) is 6.42 Å². The van der Waals surface area contributed by atoms with Crippen molar-refractivity contribution in [2.24, 2.45) is 0 Å². The third kappa shape index (κ3) is 5.33. The highest BCUT2D eigenvalue weighted by Gasteiger charge is 2.21. The molecule has 1 amide bonds. The smallest absolute Gasteiger partial charge is 0.341 e. The first-order valence-electron chi connectivity index (χ1n) is 8.59. The number of amides is 1. The van der Waals surface area contributed by atoms with Crippen molar-refractivity contribution in [3.8, 4) is 0 Å². The van der Waals surface area contributed by atoms with E-state index < -0.39 is 12.1 Å². The Morgan fingerprint density at radius 3 is 2.58 bits per heavy atom. The second kappa shape index (κ2) is 9.97. The van der Waals surface area contributed by atoms with Crippen LogP contribution in [0.25, 0.3) is 0 Å². The van der Waals surface area contributed by atoms with Gasteiger partial charge in [-0.05, 0) is 37.3 Å². The quantitative estimate of drug-likeness (QED) is 0.566. The van der Waals surface area contributed by atoms with E-state index in [1.807, 2.05) is 24.5 Å². The topological polar surface area (TPSA) is 68.3 Å². The minimum atomic E-state index is -0.870. The lowest BCUT2D eigenvalue weighted by Crippen LogP contribution is -2.38. The third-order valence-electron chi connectivity index (χ3n) is 4.12. The molecular formula is C20H24N2O3S. The van der Waals surface area contributed by atoms with Crippen molar-refractivity contribution in [1.29, 1.82) is 0 Å². The molecule has 2 atom stereocenters. The fourth-order valence-electron chi connectivity index (χ4n) is 2.58. The molecule has 0 aliphatic rings. The van der Waals surface area contributed by atoms with Crippen molar-refractivity contribution in [2.45, 2.75) is 37.3 Å². The Morgan fingerprint density at radius 1 is 1.19 bits per heavy atom. The van der Waals surface area contributed by atoms with Gasteiger partial charge in [-0.15, -0.1) is 11.8 Å². The Kier molecular flexibility index (Phi) is 7.66. The molecular weight excluding hydrogens is 348 g/mol. The zero-order chi connectivity index (χ0) is 18.9. The van der Waals surface area contributed by atoms with Gasteiger partial charge in [0.1, 0.15) is 5.03 Å². The summed E-state index contributed by atoms with van der Waals surface area (Å²) >= 11 is 1.36. The number of hydrogen-bond acceptors (Lipinski definition) is 5. The summed E-state index contributed by atoms with van der Waals surface area (Å²) in [6.07, 6.45) is 3.49. The first-order chi connectivity index (χ1) is 12.6. The van der Waals surface area contributed by atoms with Crippen LogP contribution in [0.3, 0.4) is 0 Å². The van der Waals surface area contributed by atoms with Gasteiger partial charge < -0.3 is 10.1 Å². The van der Waals surface area contributed by atoms with Crippen LogP contribution in [0.1, 0.15) is 42.1 Å². The minimum absolute atomic E-state index is 0.226. The third-order valence-corrected chi connectivity index (χ3v) is 4.84. The molecule has 5 nitrogen and oxygen atoms in total. The van der Waals surface area contributed by atoms with Gasteiger partial charge in [0.05, 0.1) is 5.56 Å². The monoisotopic (exact) mass is 372 g/mol. The molecule has 0 aliphatic heterocycles. The molecule has 0 bridgehead atoms. The maximum Gasteiger partial charge on any atom is 0.341 e. The maximum atomic E-state index is 12.3. The number of carbonyl (C=O) groups excluding carboxylic acids is 2. The minimum Gasteiger partial charge on any atom is -0.449 e. The van der Waals surface area contributed by atoms with Crippen LogP contribution < -0.4 is 5.32 Å². The van der Waals surface area contributed by atoms with Gasteiger partial charge in [-0.3, -0.25) is 4.79 Å². The molecule has 1 aromatic heterocycles. The van der Waals surface area contributed by atoms with Crippen LogP contribution in [0.5, 0.6) is 0 Å². The predicted molar refractivity (Wildman–Crippen MR) is 103 cm³/mol. The molecule has 0 radical (unpaired) electrons. The van der Waals surface area contributed by atoms with Gasteiger partial charge in [-0.25, -0.2) is 9.78 Å². The Labute approximate surface area is 158 Å². The van der Waals surface area contributed by atoms with Gasteiger partial charge in [-0.1, -0.05) is 37.3 Å². The van der Waals surface area contributed by atoms with Gasteiger partial charge in [0.2, 0.25) is 0 Å². The predicted octanol–water partition coefficient (Wildman–Crippen LogP) is 3.66. The Bertz CT molecular complexity index is 737. The van der Waals surface area contributed by atoms with E-state index in [0.29, 0.717) is 17.1 Å². The van der Waals surface area contributed by atoms with Crippen LogP contribution in [-0.2, 0) is 9.53 Å². The highest BCUT2D eigenvalue weighted by atomic mass is 32.2. The summed E-state index contributed by atoms with van der Waals surface area (Å²) in [6, 6.07) is 13.4. The Hall–Kier alpha value is -2.34. The average Bonchev–Trinajstić information content (AvgIpc) is 2.68. The number of thioether (sulfide) groups is 1. The van der Waals surface area contributed by atoms with E-state index in [4.69, 9.17) is 4.74 Å². The molecule has 6 heteroatoms. The van der Waals surface area contributed by atoms with E-state index in [1.165, 1.54) is 17.3 Å². The summed E-state index contributed by atoms with van der Waals surface area (Å²) in [5.74, 6) is -0.619. The summed E-state index contributed by atoms with van der Waals surface area (Å²) < 4.78 is 5.31. The summed E-state index contributed by atoms with van der Waals surface area (Å²) in [5, 5.41) is 3.46. The number of aromatic nitrogens is 1. The molecule has 26 heavy (non-hydrogen) atoms. The van der Waals surface area contributed by atoms with Crippen molar-refractivity contribution in [3.05, 3.63) is 59.8 Å². The summed E-state index contributed by atoms with van der Waals surface area (Å²) in [5.41, 5.74) is 1.55. The van der Waals surface area contributed by atoms with E-state index in [2.05, 4.69) is 29.4 Å². The van der Waals surface area contributed by atoms with Crippen LogP contribution in [0.4, 0.5) is 0 Å². The van der Waals surface area contributed by atoms with Crippen molar-refractivity contribution in [3.63, 3.8) is 0 Å². The van der Waals surface area contributed by atoms with E-state index >= 15 is 0 Å². The normalized spacial score (nSPS) is 12.9. The average molecular weight is 372 g/mol. The molecule has 1 aromatic carbocycles. The molecule has 0 spiro atoms. The fraction of sp³-hybridized carbons (Fsp3) is 0.350. The van der Waals surface area contributed by atoms with Crippen LogP contribution in [0.15, 0.2) is 53.7 Å². The summed E-state index contributed by atoms with van der Waals surface area (Å²) in [4.78, 5) is 28.7. The lowest BCUT2D eigenvalue weighted by atomic mass is 9.96. The van der Waals surface area contributed by atoms with Crippen LogP contribution in [0.2, 0.25) is 0 Å². The molecule has 2 rings (SSSR count). The summed E-state index contributed by atoms with van der Waals surface area (Å²) in [6.45, 7) is 4.16. The number of carbonyl (C=O) groups is 2. The largest absolute Gasteiger partial charge is 0.449 e. The number of nitrogens with one attached hydrogen (secondary N) is 1. The highest BCUT2D eigenvalue weighted by molar-refractivity contribution is 7.98. The fourth-order valence-corrected chi connectivity index (χ4v) is 3.11. The summed E-state index contributed by atoms with van der Waals surface area (Å²) in [7, 11) is 0. The van der Waals surface area contributed by atoms with Crippen molar-refractivity contribution in [2.75, 3.05) is 12.8 Å². The van der Waals surface area contributed by atoms with Gasteiger partial charge >= 0.3 is 5.97 Å². The second-order valence-electron chi connectivity index (χ2n) is 5.87.